The van der Waals surface area contributed by atoms with Crippen LogP contribution in [0.25, 0.3) is 0 Å². The summed E-state index contributed by atoms with van der Waals surface area (Å²) < 4.78 is 1.14. The van der Waals surface area contributed by atoms with Gasteiger partial charge in [0.05, 0.1) is 5.69 Å². The molecule has 0 amide bonds. The maximum atomic E-state index is 4.06. The summed E-state index contributed by atoms with van der Waals surface area (Å²) in [4.78, 5) is 4.06. The quantitative estimate of drug-likeness (QED) is 0.923. The molecule has 16 heavy (non-hydrogen) atoms. The van der Waals surface area contributed by atoms with E-state index in [2.05, 4.69) is 51.4 Å². The first-order chi connectivity index (χ1) is 7.75. The molecule has 2 nitrogen and oxygen atoms in total. The van der Waals surface area contributed by atoms with Crippen LogP contribution < -0.4 is 5.32 Å². The highest BCUT2D eigenvalue weighted by molar-refractivity contribution is 9.10. The van der Waals surface area contributed by atoms with Gasteiger partial charge in [-0.1, -0.05) is 28.1 Å². The van der Waals surface area contributed by atoms with Gasteiger partial charge in [0.1, 0.15) is 0 Å². The van der Waals surface area contributed by atoms with Crippen LogP contribution in [0.4, 0.5) is 5.69 Å². The molecule has 1 aromatic carbocycles. The Morgan fingerprint density at radius 2 is 2.19 bits per heavy atom. The van der Waals surface area contributed by atoms with E-state index in [4.69, 9.17) is 0 Å². The molecule has 2 rings (SSSR count). The zero-order chi connectivity index (χ0) is 11.4. The first kappa shape index (κ1) is 11.1. The fourth-order valence-corrected chi connectivity index (χ4v) is 2.09. The average Bonchev–Trinajstić information content (AvgIpc) is 2.29. The van der Waals surface area contributed by atoms with Crippen molar-refractivity contribution in [3.63, 3.8) is 0 Å². The fraction of sp³-hybridized carbons (Fsp3) is 0.154. The number of nitrogens with zero attached hydrogens (tertiary/aromatic N) is 1. The van der Waals surface area contributed by atoms with Gasteiger partial charge in [-0.3, -0.25) is 4.98 Å². The molecule has 0 aliphatic carbocycles. The summed E-state index contributed by atoms with van der Waals surface area (Å²) in [6.07, 6.45) is 3.59. The Labute approximate surface area is 104 Å². The lowest BCUT2D eigenvalue weighted by Crippen LogP contribution is -2.00. The number of rotatable bonds is 3. The van der Waals surface area contributed by atoms with Crippen molar-refractivity contribution < 1.29 is 0 Å². The standard InChI is InChI=1S/C13H13BrN2/c1-10-4-5-11(13(14)7-10)8-16-12-3-2-6-15-9-12/h2-7,9,16H,8H2,1H3. The molecule has 0 bridgehead atoms. The van der Waals surface area contributed by atoms with E-state index < -0.39 is 0 Å². The number of anilines is 1. The van der Waals surface area contributed by atoms with E-state index in [9.17, 15) is 0 Å². The Morgan fingerprint density at radius 1 is 1.31 bits per heavy atom. The molecule has 1 aromatic heterocycles. The largest absolute Gasteiger partial charge is 0.380 e. The predicted molar refractivity (Wildman–Crippen MR) is 70.4 cm³/mol. The molecule has 1 heterocycles. The highest BCUT2D eigenvalue weighted by Gasteiger charge is 1.99. The molecule has 82 valence electrons. The molecule has 0 aliphatic rings. The van der Waals surface area contributed by atoms with E-state index in [0.717, 1.165) is 16.7 Å². The van der Waals surface area contributed by atoms with Crippen molar-refractivity contribution in [3.05, 3.63) is 58.3 Å². The van der Waals surface area contributed by atoms with Crippen LogP contribution in [-0.2, 0) is 6.54 Å². The van der Waals surface area contributed by atoms with E-state index >= 15 is 0 Å². The van der Waals surface area contributed by atoms with Crippen LogP contribution in [0.15, 0.2) is 47.2 Å². The van der Waals surface area contributed by atoms with Crippen molar-refractivity contribution in [1.82, 2.24) is 4.98 Å². The summed E-state index contributed by atoms with van der Waals surface area (Å²) >= 11 is 3.57. The van der Waals surface area contributed by atoms with Crippen LogP contribution in [0, 0.1) is 6.92 Å². The van der Waals surface area contributed by atoms with Crippen molar-refractivity contribution in [2.75, 3.05) is 5.32 Å². The molecule has 0 saturated carbocycles. The topological polar surface area (TPSA) is 24.9 Å². The fourth-order valence-electron chi connectivity index (χ4n) is 1.46. The molecule has 0 fully saturated rings. The van der Waals surface area contributed by atoms with Crippen molar-refractivity contribution in [3.8, 4) is 0 Å². The van der Waals surface area contributed by atoms with Gasteiger partial charge in [-0.05, 0) is 36.2 Å². The Hall–Kier alpha value is -1.35. The van der Waals surface area contributed by atoms with Crippen molar-refractivity contribution in [1.29, 1.82) is 0 Å². The summed E-state index contributed by atoms with van der Waals surface area (Å²) in [5.74, 6) is 0. The minimum absolute atomic E-state index is 0.798. The number of hydrogen-bond acceptors (Lipinski definition) is 2. The molecule has 0 atom stereocenters. The molecule has 2 aromatic rings. The smallest absolute Gasteiger partial charge is 0.0529 e. The summed E-state index contributed by atoms with van der Waals surface area (Å²) in [5.41, 5.74) is 3.54. The Balaban J connectivity index is 2.05. The number of aromatic nitrogens is 1. The zero-order valence-corrected chi connectivity index (χ0v) is 10.7. The molecular weight excluding hydrogens is 264 g/mol. The molecule has 0 spiro atoms. The molecule has 3 heteroatoms. The Kier molecular flexibility index (Phi) is 3.57. The predicted octanol–water partition coefficient (Wildman–Crippen LogP) is 3.76. The number of hydrogen-bond donors (Lipinski definition) is 1. The van der Waals surface area contributed by atoms with E-state index in [0.29, 0.717) is 0 Å². The number of benzene rings is 1. The van der Waals surface area contributed by atoms with Gasteiger partial charge in [-0.2, -0.15) is 0 Å². The monoisotopic (exact) mass is 276 g/mol. The van der Waals surface area contributed by atoms with Crippen LogP contribution >= 0.6 is 15.9 Å². The first-order valence-electron chi connectivity index (χ1n) is 5.14. The second-order valence-electron chi connectivity index (χ2n) is 3.69. The maximum absolute atomic E-state index is 4.06. The van der Waals surface area contributed by atoms with Crippen LogP contribution in [0.1, 0.15) is 11.1 Å². The van der Waals surface area contributed by atoms with Crippen molar-refractivity contribution in [2.45, 2.75) is 13.5 Å². The summed E-state index contributed by atoms with van der Waals surface area (Å²) in [7, 11) is 0. The number of nitrogens with one attached hydrogen (secondary N) is 1. The lowest BCUT2D eigenvalue weighted by atomic mass is 10.1. The normalized spacial score (nSPS) is 10.1. The van der Waals surface area contributed by atoms with Gasteiger partial charge in [0.15, 0.2) is 0 Å². The molecule has 1 N–H and O–H groups in total. The van der Waals surface area contributed by atoms with E-state index in [1.807, 2.05) is 18.3 Å². The molecule has 0 aliphatic heterocycles. The first-order valence-corrected chi connectivity index (χ1v) is 5.94. The molecule has 0 unspecified atom stereocenters. The molecule has 0 saturated heterocycles. The van der Waals surface area contributed by atoms with Crippen LogP contribution in [0.5, 0.6) is 0 Å². The third kappa shape index (κ3) is 2.83. The second kappa shape index (κ2) is 5.12. The molecule has 0 radical (unpaired) electrons. The summed E-state index contributed by atoms with van der Waals surface area (Å²) in [5, 5.41) is 3.33. The van der Waals surface area contributed by atoms with Gasteiger partial charge in [0.25, 0.3) is 0 Å². The number of pyridine rings is 1. The van der Waals surface area contributed by atoms with Gasteiger partial charge in [-0.25, -0.2) is 0 Å². The highest BCUT2D eigenvalue weighted by atomic mass is 79.9. The van der Waals surface area contributed by atoms with Crippen molar-refractivity contribution in [2.24, 2.45) is 0 Å². The summed E-state index contributed by atoms with van der Waals surface area (Å²) in [6, 6.07) is 10.3. The minimum Gasteiger partial charge on any atom is -0.380 e. The zero-order valence-electron chi connectivity index (χ0n) is 9.07. The van der Waals surface area contributed by atoms with Gasteiger partial charge in [0, 0.05) is 23.4 Å². The van der Waals surface area contributed by atoms with Crippen LogP contribution in [0.3, 0.4) is 0 Å². The van der Waals surface area contributed by atoms with Crippen LogP contribution in [-0.4, -0.2) is 4.98 Å². The highest BCUT2D eigenvalue weighted by Crippen LogP contribution is 2.19. The van der Waals surface area contributed by atoms with Crippen LogP contribution in [0.2, 0.25) is 0 Å². The van der Waals surface area contributed by atoms with E-state index in [-0.39, 0.29) is 0 Å². The summed E-state index contributed by atoms with van der Waals surface area (Å²) in [6.45, 7) is 2.88. The SMILES string of the molecule is Cc1ccc(CNc2cccnc2)c(Br)c1. The lowest BCUT2D eigenvalue weighted by Gasteiger charge is -2.08. The third-order valence-electron chi connectivity index (χ3n) is 2.35. The van der Waals surface area contributed by atoms with Gasteiger partial charge in [0.2, 0.25) is 0 Å². The van der Waals surface area contributed by atoms with E-state index in [1.165, 1.54) is 11.1 Å². The van der Waals surface area contributed by atoms with Gasteiger partial charge >= 0.3 is 0 Å². The maximum Gasteiger partial charge on any atom is 0.0529 e. The van der Waals surface area contributed by atoms with Gasteiger partial charge < -0.3 is 5.32 Å². The van der Waals surface area contributed by atoms with E-state index in [1.54, 1.807) is 6.20 Å². The average molecular weight is 277 g/mol. The Morgan fingerprint density at radius 3 is 2.88 bits per heavy atom. The second-order valence-corrected chi connectivity index (χ2v) is 4.54. The third-order valence-corrected chi connectivity index (χ3v) is 3.09. The Bertz CT molecular complexity index is 469. The lowest BCUT2D eigenvalue weighted by molar-refractivity contribution is 1.12. The number of halogens is 1. The number of aryl methyl sites for hydroxylation is 1. The molecular formula is C13H13BrN2. The van der Waals surface area contributed by atoms with Crippen molar-refractivity contribution >= 4 is 21.6 Å². The van der Waals surface area contributed by atoms with Gasteiger partial charge in [-0.15, -0.1) is 0 Å². The minimum atomic E-state index is 0.798.